The fraction of sp³-hybridized carbons (Fsp3) is 0.125. The molecule has 1 heterocycles. The Morgan fingerprint density at radius 3 is 2.71 bits per heavy atom. The van der Waals surface area contributed by atoms with Crippen LogP contribution in [0.3, 0.4) is 0 Å². The quantitative estimate of drug-likeness (QED) is 0.442. The number of thiophene rings is 1. The van der Waals surface area contributed by atoms with Crippen LogP contribution in [-0.2, 0) is 4.79 Å². The molecule has 0 aliphatic carbocycles. The predicted molar refractivity (Wildman–Crippen MR) is 52.7 cm³/mol. The second kappa shape index (κ2) is 4.52. The van der Waals surface area contributed by atoms with Crippen molar-refractivity contribution in [3.8, 4) is 0 Å². The average molecular weight is 212 g/mol. The Labute approximate surface area is 84.1 Å². The van der Waals surface area contributed by atoms with Gasteiger partial charge in [0.1, 0.15) is 4.88 Å². The number of hydrogen-bond donors (Lipinski definition) is 2. The number of amides is 1. The Bertz CT molecular complexity index is 384. The zero-order chi connectivity index (χ0) is 10.6. The van der Waals surface area contributed by atoms with E-state index in [-0.39, 0.29) is 4.88 Å². The molecule has 0 unspecified atom stereocenters. The molecule has 0 radical (unpaired) electrons. The number of carbonyl (C=O) groups is 2. The van der Waals surface area contributed by atoms with Crippen molar-refractivity contribution >= 4 is 29.4 Å². The molecule has 0 spiro atoms. The van der Waals surface area contributed by atoms with Gasteiger partial charge in [-0.15, -0.1) is 11.3 Å². The Kier molecular flexibility index (Phi) is 3.35. The first kappa shape index (κ1) is 10.4. The van der Waals surface area contributed by atoms with E-state index in [9.17, 15) is 9.59 Å². The summed E-state index contributed by atoms with van der Waals surface area (Å²) in [6, 6.07) is 3.15. The SMILES string of the molecule is C/C(=N/NC=O)c1ccc(C(=O)O)s1. The zero-order valence-corrected chi connectivity index (χ0v) is 8.17. The van der Waals surface area contributed by atoms with Gasteiger partial charge in [-0.1, -0.05) is 0 Å². The lowest BCUT2D eigenvalue weighted by Crippen LogP contribution is -2.05. The van der Waals surface area contributed by atoms with Gasteiger partial charge in [-0.05, 0) is 19.1 Å². The van der Waals surface area contributed by atoms with E-state index in [4.69, 9.17) is 5.11 Å². The van der Waals surface area contributed by atoms with Crippen molar-refractivity contribution in [2.24, 2.45) is 5.10 Å². The monoisotopic (exact) mass is 212 g/mol. The summed E-state index contributed by atoms with van der Waals surface area (Å²) in [6.45, 7) is 1.69. The molecule has 1 rings (SSSR count). The Morgan fingerprint density at radius 2 is 2.21 bits per heavy atom. The number of carboxylic acid groups (broad SMARTS) is 1. The van der Waals surface area contributed by atoms with Crippen molar-refractivity contribution in [3.05, 3.63) is 21.9 Å². The maximum absolute atomic E-state index is 10.5. The van der Waals surface area contributed by atoms with Gasteiger partial charge < -0.3 is 5.11 Å². The smallest absolute Gasteiger partial charge is 0.345 e. The van der Waals surface area contributed by atoms with Crippen molar-refractivity contribution in [1.29, 1.82) is 0 Å². The molecule has 0 saturated carbocycles. The third kappa shape index (κ3) is 2.40. The van der Waals surface area contributed by atoms with Crippen LogP contribution < -0.4 is 5.43 Å². The predicted octanol–water partition coefficient (Wildman–Crippen LogP) is 0.916. The fourth-order valence-electron chi connectivity index (χ4n) is 0.826. The highest BCUT2D eigenvalue weighted by atomic mass is 32.1. The highest BCUT2D eigenvalue weighted by Crippen LogP contribution is 2.16. The van der Waals surface area contributed by atoms with Crippen molar-refractivity contribution in [2.75, 3.05) is 0 Å². The van der Waals surface area contributed by atoms with Crippen LogP contribution in [0.2, 0.25) is 0 Å². The lowest BCUT2D eigenvalue weighted by Gasteiger charge is -1.93. The highest BCUT2D eigenvalue weighted by Gasteiger charge is 2.08. The van der Waals surface area contributed by atoms with Gasteiger partial charge in [-0.25, -0.2) is 10.2 Å². The second-order valence-corrected chi connectivity index (χ2v) is 3.50. The lowest BCUT2D eigenvalue weighted by molar-refractivity contribution is -0.109. The first-order valence-corrected chi connectivity index (χ1v) is 4.53. The van der Waals surface area contributed by atoms with Gasteiger partial charge in [0.2, 0.25) is 6.41 Å². The van der Waals surface area contributed by atoms with Gasteiger partial charge in [0.15, 0.2) is 0 Å². The maximum Gasteiger partial charge on any atom is 0.345 e. The van der Waals surface area contributed by atoms with Crippen molar-refractivity contribution < 1.29 is 14.7 Å². The molecule has 14 heavy (non-hydrogen) atoms. The number of carboxylic acids is 1. The number of hydrazone groups is 1. The molecular weight excluding hydrogens is 204 g/mol. The van der Waals surface area contributed by atoms with Crippen LogP contribution in [0.15, 0.2) is 17.2 Å². The Morgan fingerprint density at radius 1 is 1.57 bits per heavy atom. The van der Waals surface area contributed by atoms with Crippen molar-refractivity contribution in [1.82, 2.24) is 5.43 Å². The van der Waals surface area contributed by atoms with Crippen LogP contribution in [0.4, 0.5) is 0 Å². The van der Waals surface area contributed by atoms with E-state index in [2.05, 4.69) is 10.5 Å². The zero-order valence-electron chi connectivity index (χ0n) is 7.35. The molecule has 0 saturated heterocycles. The minimum Gasteiger partial charge on any atom is -0.477 e. The fourth-order valence-corrected chi connectivity index (χ4v) is 1.62. The molecule has 0 aliphatic heterocycles. The van der Waals surface area contributed by atoms with Gasteiger partial charge in [0.05, 0.1) is 10.6 Å². The topological polar surface area (TPSA) is 78.8 Å². The summed E-state index contributed by atoms with van der Waals surface area (Å²) in [5, 5.41) is 12.4. The molecule has 0 bridgehead atoms. The van der Waals surface area contributed by atoms with Crippen LogP contribution in [-0.4, -0.2) is 23.2 Å². The number of carbonyl (C=O) groups excluding carboxylic acids is 1. The number of nitrogens with one attached hydrogen (secondary N) is 1. The summed E-state index contributed by atoms with van der Waals surface area (Å²) in [4.78, 5) is 21.5. The summed E-state index contributed by atoms with van der Waals surface area (Å²) < 4.78 is 0. The van der Waals surface area contributed by atoms with Gasteiger partial charge >= 0.3 is 5.97 Å². The highest BCUT2D eigenvalue weighted by molar-refractivity contribution is 7.15. The number of nitrogens with zero attached hydrogens (tertiary/aromatic N) is 1. The van der Waals surface area contributed by atoms with E-state index in [0.29, 0.717) is 12.1 Å². The number of hydrogen-bond acceptors (Lipinski definition) is 4. The van der Waals surface area contributed by atoms with Crippen LogP contribution >= 0.6 is 11.3 Å². The summed E-state index contributed by atoms with van der Waals surface area (Å²) in [6.07, 6.45) is 0.454. The largest absolute Gasteiger partial charge is 0.477 e. The summed E-state index contributed by atoms with van der Waals surface area (Å²) in [5.41, 5.74) is 2.73. The van der Waals surface area contributed by atoms with Crippen molar-refractivity contribution in [2.45, 2.75) is 6.92 Å². The van der Waals surface area contributed by atoms with E-state index in [1.54, 1.807) is 13.0 Å². The van der Waals surface area contributed by atoms with Crippen LogP contribution in [0.5, 0.6) is 0 Å². The molecule has 1 aromatic rings. The van der Waals surface area contributed by atoms with Gasteiger partial charge in [-0.2, -0.15) is 5.10 Å². The summed E-state index contributed by atoms with van der Waals surface area (Å²) >= 11 is 1.11. The molecular formula is C8H8N2O3S. The van der Waals surface area contributed by atoms with E-state index >= 15 is 0 Å². The molecule has 0 fully saturated rings. The molecule has 74 valence electrons. The van der Waals surface area contributed by atoms with Crippen LogP contribution in [0, 0.1) is 0 Å². The lowest BCUT2D eigenvalue weighted by atomic mass is 10.3. The third-order valence-corrected chi connectivity index (χ3v) is 2.64. The molecule has 1 amide bonds. The van der Waals surface area contributed by atoms with E-state index in [0.717, 1.165) is 16.2 Å². The third-order valence-electron chi connectivity index (χ3n) is 1.46. The van der Waals surface area contributed by atoms with E-state index in [1.165, 1.54) is 6.07 Å². The number of aromatic carboxylic acids is 1. The first-order valence-electron chi connectivity index (χ1n) is 3.72. The van der Waals surface area contributed by atoms with Gasteiger partial charge in [0, 0.05) is 0 Å². The number of rotatable bonds is 4. The normalized spacial score (nSPS) is 11.1. The average Bonchev–Trinajstić information content (AvgIpc) is 2.62. The first-order chi connectivity index (χ1) is 6.65. The Balaban J connectivity index is 2.86. The molecule has 6 heteroatoms. The Hall–Kier alpha value is -1.69. The van der Waals surface area contributed by atoms with Crippen molar-refractivity contribution in [3.63, 3.8) is 0 Å². The minimum atomic E-state index is -0.961. The maximum atomic E-state index is 10.5. The summed E-state index contributed by atoms with van der Waals surface area (Å²) in [7, 11) is 0. The molecule has 2 N–H and O–H groups in total. The summed E-state index contributed by atoms with van der Waals surface area (Å²) in [5.74, 6) is -0.961. The van der Waals surface area contributed by atoms with Gasteiger partial charge in [0.25, 0.3) is 0 Å². The van der Waals surface area contributed by atoms with E-state index < -0.39 is 5.97 Å². The molecule has 0 atom stereocenters. The van der Waals surface area contributed by atoms with Gasteiger partial charge in [-0.3, -0.25) is 4.79 Å². The molecule has 5 nitrogen and oxygen atoms in total. The minimum absolute atomic E-state index is 0.251. The van der Waals surface area contributed by atoms with E-state index in [1.807, 2.05) is 0 Å². The van der Waals surface area contributed by atoms with Crippen LogP contribution in [0.25, 0.3) is 0 Å². The second-order valence-electron chi connectivity index (χ2n) is 2.41. The van der Waals surface area contributed by atoms with Crippen LogP contribution in [0.1, 0.15) is 21.5 Å². The standard InChI is InChI=1S/C8H8N2O3S/c1-5(10-9-4-11)6-2-3-7(14-6)8(12)13/h2-4H,1H3,(H,9,11)(H,12,13)/b10-5-. The molecule has 1 aromatic heterocycles. The molecule has 0 aliphatic rings. The molecule has 0 aromatic carbocycles.